The predicted molar refractivity (Wildman–Crippen MR) is 73.7 cm³/mol. The van der Waals surface area contributed by atoms with Crippen LogP contribution in [0, 0.1) is 12.3 Å². The van der Waals surface area contributed by atoms with Gasteiger partial charge < -0.3 is 25.4 Å². The number of ether oxygens (including phenoxy) is 1. The Hall–Kier alpha value is -2.09. The number of rotatable bonds is 4. The zero-order chi connectivity index (χ0) is 15.5. The maximum Gasteiger partial charge on any atom is 0.234 e. The molecule has 8 nitrogen and oxygen atoms in total. The van der Waals surface area contributed by atoms with E-state index in [0.717, 1.165) is 0 Å². The molecule has 1 unspecified atom stereocenters. The first kappa shape index (κ1) is 15.3. The summed E-state index contributed by atoms with van der Waals surface area (Å²) in [4.78, 5) is 16.7. The lowest BCUT2D eigenvalue weighted by atomic mass is 9.78. The average molecular weight is 296 g/mol. The number of carbonyl (C=O) groups excluding carboxylic acids is 1. The van der Waals surface area contributed by atoms with E-state index in [1.54, 1.807) is 20.0 Å². The molecule has 116 valence electrons. The van der Waals surface area contributed by atoms with Gasteiger partial charge in [-0.3, -0.25) is 4.79 Å². The Morgan fingerprint density at radius 1 is 1.57 bits per heavy atom. The number of nitrogens with zero attached hydrogens (tertiary/aromatic N) is 2. The Morgan fingerprint density at radius 3 is 2.76 bits per heavy atom. The fraction of sp³-hybridized carbons (Fsp3) is 0.615. The second-order valence-electron chi connectivity index (χ2n) is 5.18. The minimum Gasteiger partial charge on any atom is -0.444 e. The minimum absolute atomic E-state index is 0.0981. The van der Waals surface area contributed by atoms with Crippen molar-refractivity contribution in [1.82, 2.24) is 10.3 Å². The van der Waals surface area contributed by atoms with Crippen molar-refractivity contribution in [1.29, 1.82) is 0 Å². The Balaban J connectivity index is 2.15. The maximum absolute atomic E-state index is 12.6. The summed E-state index contributed by atoms with van der Waals surface area (Å²) in [6.07, 6.45) is 2.32. The molecule has 21 heavy (non-hydrogen) atoms. The number of hydrogen-bond donors (Lipinski definition) is 3. The molecule has 0 aliphatic carbocycles. The number of hydrogen-bond acceptors (Lipinski definition) is 6. The van der Waals surface area contributed by atoms with Gasteiger partial charge in [0.25, 0.3) is 0 Å². The highest BCUT2D eigenvalue weighted by atomic mass is 16.5. The summed E-state index contributed by atoms with van der Waals surface area (Å²) in [5, 5.41) is 14.8. The molecule has 0 bridgehead atoms. The van der Waals surface area contributed by atoms with Gasteiger partial charge in [-0.05, 0) is 26.7 Å². The molecule has 0 saturated carbocycles. The van der Waals surface area contributed by atoms with E-state index in [2.05, 4.69) is 15.5 Å². The molecule has 0 aromatic carbocycles. The highest BCUT2D eigenvalue weighted by Gasteiger charge is 2.45. The van der Waals surface area contributed by atoms with Gasteiger partial charge in [0.2, 0.25) is 11.8 Å². The topological polar surface area (TPSA) is 123 Å². The normalized spacial score (nSPS) is 20.0. The van der Waals surface area contributed by atoms with Crippen molar-refractivity contribution < 1.29 is 19.2 Å². The highest BCUT2D eigenvalue weighted by molar-refractivity contribution is 6.06. The molecule has 2 rings (SSSR count). The fourth-order valence-electron chi connectivity index (χ4n) is 2.38. The smallest absolute Gasteiger partial charge is 0.234 e. The number of nitrogens with one attached hydrogen (secondary N) is 1. The number of oxazole rings is 1. The van der Waals surface area contributed by atoms with Gasteiger partial charge in [-0.2, -0.15) is 0 Å². The van der Waals surface area contributed by atoms with Crippen molar-refractivity contribution in [3.63, 3.8) is 0 Å². The first-order chi connectivity index (χ1) is 9.99. The predicted octanol–water partition coefficient (Wildman–Crippen LogP) is 0.703. The summed E-state index contributed by atoms with van der Waals surface area (Å²) < 4.78 is 10.7. The molecule has 4 N–H and O–H groups in total. The van der Waals surface area contributed by atoms with Gasteiger partial charge >= 0.3 is 0 Å². The van der Waals surface area contributed by atoms with Crippen molar-refractivity contribution >= 4 is 11.7 Å². The van der Waals surface area contributed by atoms with Gasteiger partial charge in [0, 0.05) is 13.2 Å². The number of carbonyl (C=O) groups is 1. The Kier molecular flexibility index (Phi) is 4.46. The monoisotopic (exact) mass is 296 g/mol. The van der Waals surface area contributed by atoms with E-state index in [1.807, 2.05) is 0 Å². The summed E-state index contributed by atoms with van der Waals surface area (Å²) in [6.45, 7) is 4.32. The van der Waals surface area contributed by atoms with Gasteiger partial charge in [0.1, 0.15) is 17.2 Å². The van der Waals surface area contributed by atoms with E-state index in [9.17, 15) is 4.79 Å². The minimum atomic E-state index is -1.05. The average Bonchev–Trinajstić information content (AvgIpc) is 2.93. The molecule has 1 aliphatic heterocycles. The SMILES string of the molecule is Cc1cnc(C(C)NC(=O)C2(/C(N)=N/O)CCOCC2)o1. The molecule has 2 heterocycles. The van der Waals surface area contributed by atoms with Crippen LogP contribution in [0.2, 0.25) is 0 Å². The number of aromatic nitrogens is 1. The fourth-order valence-corrected chi connectivity index (χ4v) is 2.38. The molecule has 1 aromatic rings. The zero-order valence-electron chi connectivity index (χ0n) is 12.1. The third-order valence-electron chi connectivity index (χ3n) is 3.74. The molecule has 1 amide bonds. The van der Waals surface area contributed by atoms with Gasteiger partial charge in [-0.1, -0.05) is 5.16 Å². The number of oxime groups is 1. The van der Waals surface area contributed by atoms with Crippen molar-refractivity contribution in [3.8, 4) is 0 Å². The summed E-state index contributed by atoms with van der Waals surface area (Å²) in [7, 11) is 0. The van der Waals surface area contributed by atoms with Crippen molar-refractivity contribution in [2.75, 3.05) is 13.2 Å². The van der Waals surface area contributed by atoms with Gasteiger partial charge in [-0.15, -0.1) is 0 Å². The van der Waals surface area contributed by atoms with Crippen molar-refractivity contribution in [2.24, 2.45) is 16.3 Å². The quantitative estimate of drug-likeness (QED) is 0.325. The van der Waals surface area contributed by atoms with Crippen LogP contribution in [-0.4, -0.2) is 35.1 Å². The first-order valence-corrected chi connectivity index (χ1v) is 6.78. The third-order valence-corrected chi connectivity index (χ3v) is 3.74. The van der Waals surface area contributed by atoms with E-state index in [1.165, 1.54) is 0 Å². The summed E-state index contributed by atoms with van der Waals surface area (Å²) in [5.41, 5.74) is 4.69. The molecule has 0 radical (unpaired) electrons. The standard InChI is InChI=1S/C13H20N4O4/c1-8-7-15-10(21-8)9(2)16-12(18)13(11(14)17-19)3-5-20-6-4-13/h7,9,19H,3-6H2,1-2H3,(H2,14,17)(H,16,18). The molecule has 1 aliphatic rings. The second kappa shape index (κ2) is 6.13. The Morgan fingerprint density at radius 2 is 2.24 bits per heavy atom. The number of amidine groups is 1. The molecule has 1 saturated heterocycles. The van der Waals surface area contributed by atoms with E-state index in [4.69, 9.17) is 20.1 Å². The number of amides is 1. The van der Waals surface area contributed by atoms with E-state index >= 15 is 0 Å². The number of nitrogens with two attached hydrogens (primary N) is 1. The van der Waals surface area contributed by atoms with E-state index < -0.39 is 11.5 Å². The Labute approximate surface area is 122 Å². The molecule has 1 atom stereocenters. The molecular formula is C13H20N4O4. The summed E-state index contributed by atoms with van der Waals surface area (Å²) in [5.74, 6) is 0.675. The van der Waals surface area contributed by atoms with Gasteiger partial charge in [0.05, 0.1) is 6.20 Å². The lowest BCUT2D eigenvalue weighted by Crippen LogP contribution is -2.53. The molecule has 1 fully saturated rings. The molecule has 0 spiro atoms. The lowest BCUT2D eigenvalue weighted by molar-refractivity contribution is -0.132. The molecular weight excluding hydrogens is 276 g/mol. The largest absolute Gasteiger partial charge is 0.444 e. The first-order valence-electron chi connectivity index (χ1n) is 6.78. The maximum atomic E-state index is 12.6. The van der Waals surface area contributed by atoms with Crippen molar-refractivity contribution in [3.05, 3.63) is 17.8 Å². The van der Waals surface area contributed by atoms with Crippen LogP contribution in [0.1, 0.15) is 37.5 Å². The highest BCUT2D eigenvalue weighted by Crippen LogP contribution is 2.32. The van der Waals surface area contributed by atoms with Crippen LogP contribution in [-0.2, 0) is 9.53 Å². The van der Waals surface area contributed by atoms with Crippen LogP contribution < -0.4 is 11.1 Å². The van der Waals surface area contributed by atoms with E-state index in [-0.39, 0.29) is 11.7 Å². The van der Waals surface area contributed by atoms with Gasteiger partial charge in [0.15, 0.2) is 5.84 Å². The summed E-state index contributed by atoms with van der Waals surface area (Å²) in [6, 6.07) is -0.405. The Bertz CT molecular complexity index is 534. The third kappa shape index (κ3) is 2.99. The van der Waals surface area contributed by atoms with Crippen LogP contribution in [0.5, 0.6) is 0 Å². The van der Waals surface area contributed by atoms with Crippen molar-refractivity contribution in [2.45, 2.75) is 32.7 Å². The van der Waals surface area contributed by atoms with Crippen LogP contribution >= 0.6 is 0 Å². The van der Waals surface area contributed by atoms with Gasteiger partial charge in [-0.25, -0.2) is 4.98 Å². The van der Waals surface area contributed by atoms with Crippen LogP contribution in [0.25, 0.3) is 0 Å². The van der Waals surface area contributed by atoms with Crippen LogP contribution in [0.15, 0.2) is 15.8 Å². The zero-order valence-corrected chi connectivity index (χ0v) is 12.1. The molecule has 8 heteroatoms. The number of aryl methyl sites for hydroxylation is 1. The van der Waals surface area contributed by atoms with Crippen LogP contribution in [0.4, 0.5) is 0 Å². The lowest BCUT2D eigenvalue weighted by Gasteiger charge is -2.34. The van der Waals surface area contributed by atoms with Crippen LogP contribution in [0.3, 0.4) is 0 Å². The summed E-state index contributed by atoms with van der Waals surface area (Å²) >= 11 is 0. The van der Waals surface area contributed by atoms with E-state index in [0.29, 0.717) is 37.7 Å². The second-order valence-corrected chi connectivity index (χ2v) is 5.18. The molecule has 1 aromatic heterocycles.